The third-order valence-electron chi connectivity index (χ3n) is 3.91. The second-order valence-electron chi connectivity index (χ2n) is 7.35. The van der Waals surface area contributed by atoms with Gasteiger partial charge in [0.05, 0.1) is 0 Å². The van der Waals surface area contributed by atoms with Crippen molar-refractivity contribution < 1.29 is 33.6 Å². The van der Waals surface area contributed by atoms with Gasteiger partial charge in [-0.1, -0.05) is 20.8 Å². The van der Waals surface area contributed by atoms with E-state index in [-0.39, 0.29) is 17.8 Å². The van der Waals surface area contributed by atoms with Crippen LogP contribution in [-0.2, 0) is 29.2 Å². The Bertz CT molecular complexity index is 718. The highest BCUT2D eigenvalue weighted by atomic mass is 16.7. The smallest absolute Gasteiger partial charge is 0.303 e. The van der Waals surface area contributed by atoms with Crippen LogP contribution >= 0.6 is 0 Å². The molecule has 1 aliphatic heterocycles. The number of carbonyl (C=O) groups excluding carboxylic acids is 2. The monoisotopic (exact) mass is 378 g/mol. The number of hydrogen-bond acceptors (Lipinski definition) is 7. The number of aromatic hydroxyl groups is 1. The molecule has 2 rings (SSSR count). The van der Waals surface area contributed by atoms with Crippen LogP contribution in [-0.4, -0.2) is 42.1 Å². The number of phenols is 1. The first-order valence-corrected chi connectivity index (χ1v) is 8.71. The topological polar surface area (TPSA) is 91.3 Å². The number of benzene rings is 1. The maximum absolute atomic E-state index is 11.3. The van der Waals surface area contributed by atoms with Gasteiger partial charge in [0.2, 0.25) is 6.29 Å². The Kier molecular flexibility index (Phi) is 6.49. The molecule has 3 unspecified atom stereocenters. The van der Waals surface area contributed by atoms with Crippen LogP contribution in [0.2, 0.25) is 0 Å². The van der Waals surface area contributed by atoms with Gasteiger partial charge < -0.3 is 24.1 Å². The molecule has 0 fully saturated rings. The van der Waals surface area contributed by atoms with E-state index in [4.69, 9.17) is 18.9 Å². The van der Waals surface area contributed by atoms with E-state index in [9.17, 15) is 14.7 Å². The Balaban J connectivity index is 2.14. The third kappa shape index (κ3) is 5.99. The average molecular weight is 378 g/mol. The van der Waals surface area contributed by atoms with E-state index in [1.54, 1.807) is 30.4 Å². The minimum atomic E-state index is -0.755. The van der Waals surface area contributed by atoms with Gasteiger partial charge in [0, 0.05) is 19.4 Å². The van der Waals surface area contributed by atoms with Crippen molar-refractivity contribution in [2.75, 3.05) is 6.61 Å². The zero-order valence-corrected chi connectivity index (χ0v) is 16.2. The van der Waals surface area contributed by atoms with Gasteiger partial charge in [-0.05, 0) is 35.8 Å². The normalized spacial score (nSPS) is 22.2. The summed E-state index contributed by atoms with van der Waals surface area (Å²) in [6.07, 6.45) is 1.16. The summed E-state index contributed by atoms with van der Waals surface area (Å²) in [4.78, 5) is 22.3. The summed E-state index contributed by atoms with van der Waals surface area (Å²) in [6, 6.07) is 4.97. The molecule has 3 atom stereocenters. The quantitative estimate of drug-likeness (QED) is 0.622. The van der Waals surface area contributed by atoms with Crippen LogP contribution < -0.4 is 4.74 Å². The minimum Gasteiger partial charge on any atom is -0.508 e. The Hall–Kier alpha value is -2.54. The summed E-state index contributed by atoms with van der Waals surface area (Å²) < 4.78 is 21.8. The summed E-state index contributed by atoms with van der Waals surface area (Å²) in [5, 5.41) is 10.1. The number of hydrogen-bond donors (Lipinski definition) is 1. The van der Waals surface area contributed by atoms with Gasteiger partial charge in [-0.25, -0.2) is 0 Å². The second kappa shape index (κ2) is 8.43. The SMILES string of the molecule is CC(=O)OCC1OC(Oc2ccc(O)c(C(C)(C)C)c2)C=CC1OC(C)=O. The summed E-state index contributed by atoms with van der Waals surface area (Å²) in [7, 11) is 0. The standard InChI is InChI=1S/C20H26O7/c1-12(21)24-11-18-17(25-13(2)22)8-9-19(27-18)26-14-6-7-16(23)15(10-14)20(3,4)5/h6-10,17-19,23H,11H2,1-5H3. The van der Waals surface area contributed by atoms with E-state index in [1.165, 1.54) is 13.8 Å². The van der Waals surface area contributed by atoms with Gasteiger partial charge in [-0.2, -0.15) is 0 Å². The van der Waals surface area contributed by atoms with Crippen molar-refractivity contribution in [2.24, 2.45) is 0 Å². The first-order valence-electron chi connectivity index (χ1n) is 8.71. The molecule has 0 spiro atoms. The van der Waals surface area contributed by atoms with Gasteiger partial charge in [0.1, 0.15) is 30.3 Å². The highest BCUT2D eigenvalue weighted by molar-refractivity contribution is 5.66. The summed E-state index contributed by atoms with van der Waals surface area (Å²) in [6.45, 7) is 8.48. The van der Waals surface area contributed by atoms with Crippen molar-refractivity contribution in [3.63, 3.8) is 0 Å². The van der Waals surface area contributed by atoms with Crippen LogP contribution in [0, 0.1) is 0 Å². The van der Waals surface area contributed by atoms with E-state index in [1.807, 2.05) is 20.8 Å². The van der Waals surface area contributed by atoms with Gasteiger partial charge in [0.15, 0.2) is 0 Å². The van der Waals surface area contributed by atoms with Crippen molar-refractivity contribution >= 4 is 11.9 Å². The number of esters is 2. The molecule has 1 aliphatic rings. The maximum atomic E-state index is 11.3. The first kappa shape index (κ1) is 20.8. The van der Waals surface area contributed by atoms with E-state index >= 15 is 0 Å². The molecule has 1 heterocycles. The molecule has 0 aromatic heterocycles. The molecule has 0 saturated heterocycles. The van der Waals surface area contributed by atoms with Crippen molar-refractivity contribution in [3.05, 3.63) is 35.9 Å². The van der Waals surface area contributed by atoms with Gasteiger partial charge >= 0.3 is 11.9 Å². The first-order chi connectivity index (χ1) is 12.6. The molecule has 1 aromatic rings. The van der Waals surface area contributed by atoms with Crippen LogP contribution in [0.5, 0.6) is 11.5 Å². The number of rotatable bonds is 5. The zero-order valence-electron chi connectivity index (χ0n) is 16.2. The summed E-state index contributed by atoms with van der Waals surface area (Å²) in [5.41, 5.74) is 0.486. The predicted octanol–water partition coefficient (Wildman–Crippen LogP) is 2.84. The van der Waals surface area contributed by atoms with Crippen LogP contribution in [0.1, 0.15) is 40.2 Å². The summed E-state index contributed by atoms with van der Waals surface area (Å²) in [5.74, 6) is -0.212. The molecule has 0 radical (unpaired) electrons. The lowest BCUT2D eigenvalue weighted by Gasteiger charge is -2.31. The molecule has 0 amide bonds. The molecule has 1 N–H and O–H groups in total. The molecule has 27 heavy (non-hydrogen) atoms. The lowest BCUT2D eigenvalue weighted by atomic mass is 9.86. The number of phenolic OH excluding ortho intramolecular Hbond substituents is 1. The third-order valence-corrected chi connectivity index (χ3v) is 3.91. The fraction of sp³-hybridized carbons (Fsp3) is 0.500. The van der Waals surface area contributed by atoms with E-state index < -0.39 is 30.4 Å². The fourth-order valence-corrected chi connectivity index (χ4v) is 2.65. The van der Waals surface area contributed by atoms with Crippen molar-refractivity contribution in [1.29, 1.82) is 0 Å². The van der Waals surface area contributed by atoms with Crippen molar-refractivity contribution in [2.45, 2.75) is 58.5 Å². The molecular weight excluding hydrogens is 352 g/mol. The maximum Gasteiger partial charge on any atom is 0.303 e. The molecule has 0 saturated carbocycles. The molecule has 1 aromatic carbocycles. The highest BCUT2D eigenvalue weighted by Crippen LogP contribution is 2.34. The second-order valence-corrected chi connectivity index (χ2v) is 7.35. The Morgan fingerprint density at radius 2 is 1.85 bits per heavy atom. The van der Waals surface area contributed by atoms with Gasteiger partial charge in [-0.3, -0.25) is 9.59 Å². The molecule has 0 bridgehead atoms. The number of ether oxygens (including phenoxy) is 4. The largest absolute Gasteiger partial charge is 0.508 e. The van der Waals surface area contributed by atoms with E-state index in [0.29, 0.717) is 5.75 Å². The van der Waals surface area contributed by atoms with Crippen molar-refractivity contribution in [1.82, 2.24) is 0 Å². The van der Waals surface area contributed by atoms with Crippen molar-refractivity contribution in [3.8, 4) is 11.5 Å². The Morgan fingerprint density at radius 3 is 2.44 bits per heavy atom. The average Bonchev–Trinajstić information content (AvgIpc) is 2.55. The van der Waals surface area contributed by atoms with Gasteiger partial charge in [-0.15, -0.1) is 0 Å². The van der Waals surface area contributed by atoms with Gasteiger partial charge in [0.25, 0.3) is 0 Å². The molecule has 148 valence electrons. The van der Waals surface area contributed by atoms with Crippen LogP contribution in [0.3, 0.4) is 0 Å². The number of carbonyl (C=O) groups is 2. The highest BCUT2D eigenvalue weighted by Gasteiger charge is 2.31. The minimum absolute atomic E-state index is 0.0691. The Morgan fingerprint density at radius 1 is 1.15 bits per heavy atom. The zero-order chi connectivity index (χ0) is 20.2. The van der Waals surface area contributed by atoms with E-state index in [0.717, 1.165) is 5.56 Å². The van der Waals surface area contributed by atoms with Crippen LogP contribution in [0.15, 0.2) is 30.4 Å². The molecule has 7 nitrogen and oxygen atoms in total. The Labute approximate surface area is 158 Å². The molecule has 7 heteroatoms. The lowest BCUT2D eigenvalue weighted by molar-refractivity contribution is -0.178. The predicted molar refractivity (Wildman–Crippen MR) is 97.4 cm³/mol. The van der Waals surface area contributed by atoms with Crippen LogP contribution in [0.25, 0.3) is 0 Å². The van der Waals surface area contributed by atoms with Crippen LogP contribution in [0.4, 0.5) is 0 Å². The molecule has 0 aliphatic carbocycles. The summed E-state index contributed by atoms with van der Waals surface area (Å²) >= 11 is 0. The van der Waals surface area contributed by atoms with E-state index in [2.05, 4.69) is 0 Å². The lowest BCUT2D eigenvalue weighted by Crippen LogP contribution is -2.43. The molecular formula is C20H26O7. The fourth-order valence-electron chi connectivity index (χ4n) is 2.65.